The number of quaternary nitrogens is 1. The summed E-state index contributed by atoms with van der Waals surface area (Å²) in [7, 11) is 2.33. The van der Waals surface area contributed by atoms with E-state index in [0.717, 1.165) is 17.3 Å². The van der Waals surface area contributed by atoms with E-state index in [1.54, 1.807) is 0 Å². The van der Waals surface area contributed by atoms with Crippen LogP contribution in [0.2, 0.25) is 0 Å². The first kappa shape index (κ1) is 10.9. The molecule has 3 saturated heterocycles. The minimum Gasteiger partial charge on any atom is -1.00 e. The zero-order valence-electron chi connectivity index (χ0n) is 8.69. The van der Waals surface area contributed by atoms with E-state index in [1.165, 1.54) is 6.54 Å². The molecule has 3 nitrogen and oxygen atoms in total. The maximum atomic E-state index is 9.69. The number of morpholine rings is 1. The van der Waals surface area contributed by atoms with Crippen LogP contribution in [0.3, 0.4) is 0 Å². The van der Waals surface area contributed by atoms with Gasteiger partial charge in [0.1, 0.15) is 24.3 Å². The van der Waals surface area contributed by atoms with E-state index in [1.807, 2.05) is 0 Å². The van der Waals surface area contributed by atoms with E-state index in [9.17, 15) is 5.11 Å². The highest BCUT2D eigenvalue weighted by atomic mass is 79.9. The van der Waals surface area contributed by atoms with Crippen LogP contribution < -0.4 is 17.0 Å². The lowest BCUT2D eigenvalue weighted by Crippen LogP contribution is -3.00. The van der Waals surface area contributed by atoms with E-state index in [4.69, 9.17) is 4.74 Å². The summed E-state index contributed by atoms with van der Waals surface area (Å²) in [6.07, 6.45) is 2.78. The molecule has 3 rings (SSSR count). The van der Waals surface area contributed by atoms with Crippen LogP contribution in [0.1, 0.15) is 19.8 Å². The van der Waals surface area contributed by atoms with Crippen molar-refractivity contribution in [1.82, 2.24) is 0 Å². The summed E-state index contributed by atoms with van der Waals surface area (Å²) < 4.78 is 6.78. The van der Waals surface area contributed by atoms with Crippen LogP contribution in [0, 0.1) is 0 Å². The van der Waals surface area contributed by atoms with Crippen LogP contribution in [-0.2, 0) is 4.74 Å². The molecule has 6 atom stereocenters. The molecule has 0 amide bonds. The predicted molar refractivity (Wildman–Crippen MR) is 48.2 cm³/mol. The fourth-order valence-corrected chi connectivity index (χ4v) is 3.55. The molecule has 1 N–H and O–H groups in total. The third kappa shape index (κ3) is 1.14. The van der Waals surface area contributed by atoms with Gasteiger partial charge in [0.15, 0.2) is 0 Å². The highest BCUT2D eigenvalue weighted by molar-refractivity contribution is 5.07. The highest BCUT2D eigenvalue weighted by Crippen LogP contribution is 2.51. The monoisotopic (exact) mass is 263 g/mol. The van der Waals surface area contributed by atoms with Crippen LogP contribution in [-0.4, -0.2) is 53.6 Å². The van der Waals surface area contributed by atoms with Gasteiger partial charge in [0.05, 0.1) is 19.7 Å². The second kappa shape index (κ2) is 3.17. The molecule has 2 bridgehead atoms. The fourth-order valence-electron chi connectivity index (χ4n) is 3.55. The van der Waals surface area contributed by atoms with Gasteiger partial charge in [-0.2, -0.15) is 0 Å². The van der Waals surface area contributed by atoms with E-state index >= 15 is 0 Å². The SMILES string of the molecule is CC[N@@+]1(C)[C@@H]2C[C@@H](O)C[C@H]1[C@@H]1O[C@@H]12.[Br-]. The largest absolute Gasteiger partial charge is 1.00 e. The molecule has 3 aliphatic rings. The number of aliphatic hydroxyl groups excluding tert-OH is 1. The Bertz CT molecular complexity index is 230. The lowest BCUT2D eigenvalue weighted by atomic mass is 9.96. The van der Waals surface area contributed by atoms with Crippen LogP contribution in [0.25, 0.3) is 0 Å². The topological polar surface area (TPSA) is 32.8 Å². The lowest BCUT2D eigenvalue weighted by Gasteiger charge is -2.47. The number of likely N-dealkylation sites (N-methyl/N-ethyl adjacent to an activating group) is 1. The van der Waals surface area contributed by atoms with Gasteiger partial charge in [-0.3, -0.25) is 0 Å². The van der Waals surface area contributed by atoms with Crippen molar-refractivity contribution in [1.29, 1.82) is 0 Å². The van der Waals surface area contributed by atoms with Crippen molar-refractivity contribution in [3.63, 3.8) is 0 Å². The summed E-state index contributed by atoms with van der Waals surface area (Å²) in [4.78, 5) is 0. The van der Waals surface area contributed by atoms with Crippen LogP contribution in [0.15, 0.2) is 0 Å². The van der Waals surface area contributed by atoms with Crippen LogP contribution in [0.4, 0.5) is 0 Å². The van der Waals surface area contributed by atoms with Crippen LogP contribution >= 0.6 is 0 Å². The number of halogens is 1. The molecule has 0 spiro atoms. The van der Waals surface area contributed by atoms with Gasteiger partial charge in [-0.05, 0) is 6.92 Å². The molecule has 3 aliphatic heterocycles. The summed E-state index contributed by atoms with van der Waals surface area (Å²) in [6, 6.07) is 1.15. The van der Waals surface area contributed by atoms with E-state index in [-0.39, 0.29) is 23.1 Å². The maximum absolute atomic E-state index is 9.69. The normalized spacial score (nSPS) is 58.9. The minimum atomic E-state index is -0.0656. The third-order valence-electron chi connectivity index (χ3n) is 4.54. The minimum absolute atomic E-state index is 0. The van der Waals surface area contributed by atoms with Gasteiger partial charge in [-0.25, -0.2) is 0 Å². The van der Waals surface area contributed by atoms with Crippen molar-refractivity contribution in [2.24, 2.45) is 0 Å². The molecular weight excluding hydrogens is 246 g/mol. The van der Waals surface area contributed by atoms with Crippen LogP contribution in [0.5, 0.6) is 0 Å². The molecule has 0 saturated carbocycles. The molecule has 0 aromatic rings. The second-order valence-electron chi connectivity index (χ2n) is 4.99. The Balaban J connectivity index is 0.000000750. The van der Waals surface area contributed by atoms with Crippen molar-refractivity contribution in [3.8, 4) is 0 Å². The molecule has 0 aliphatic carbocycles. The Labute approximate surface area is 95.4 Å². The number of rotatable bonds is 1. The molecule has 3 fully saturated rings. The number of ether oxygens (including phenoxy) is 1. The predicted octanol–water partition coefficient (Wildman–Crippen LogP) is -2.87. The van der Waals surface area contributed by atoms with Gasteiger partial charge in [-0.15, -0.1) is 0 Å². The van der Waals surface area contributed by atoms with Crippen molar-refractivity contribution >= 4 is 0 Å². The molecule has 3 heterocycles. The Morgan fingerprint density at radius 1 is 1.29 bits per heavy atom. The van der Waals surface area contributed by atoms with Crippen molar-refractivity contribution in [2.75, 3.05) is 13.6 Å². The Kier molecular flexibility index (Phi) is 2.46. The average Bonchev–Trinajstić information content (AvgIpc) is 2.83. The molecule has 0 aromatic carbocycles. The first-order valence-corrected chi connectivity index (χ1v) is 5.35. The van der Waals surface area contributed by atoms with Crippen molar-refractivity contribution < 1.29 is 31.3 Å². The highest BCUT2D eigenvalue weighted by Gasteiger charge is 2.70. The van der Waals surface area contributed by atoms with E-state index in [0.29, 0.717) is 24.3 Å². The summed E-state index contributed by atoms with van der Waals surface area (Å²) in [5.41, 5.74) is 0. The van der Waals surface area contributed by atoms with Gasteiger partial charge in [0, 0.05) is 12.8 Å². The maximum Gasteiger partial charge on any atom is 0.142 e. The van der Waals surface area contributed by atoms with Gasteiger partial charge in [0.25, 0.3) is 0 Å². The quantitative estimate of drug-likeness (QED) is 0.408. The molecule has 0 aromatic heterocycles. The molecule has 0 unspecified atom stereocenters. The Hall–Kier alpha value is 0.360. The molecule has 4 heteroatoms. The Morgan fingerprint density at radius 2 is 1.79 bits per heavy atom. The summed E-state index contributed by atoms with van der Waals surface area (Å²) in [5.74, 6) is 0. The third-order valence-corrected chi connectivity index (χ3v) is 4.54. The van der Waals surface area contributed by atoms with Gasteiger partial charge in [-0.1, -0.05) is 0 Å². The van der Waals surface area contributed by atoms with E-state index < -0.39 is 0 Å². The number of fused-ring (bicyclic) bond motifs is 5. The summed E-state index contributed by atoms with van der Waals surface area (Å²) >= 11 is 0. The number of hydrogen-bond acceptors (Lipinski definition) is 2. The fraction of sp³-hybridized carbons (Fsp3) is 1.00. The zero-order chi connectivity index (χ0) is 9.22. The average molecular weight is 264 g/mol. The zero-order valence-corrected chi connectivity index (χ0v) is 10.3. The number of epoxide rings is 1. The Morgan fingerprint density at radius 3 is 2.21 bits per heavy atom. The lowest BCUT2D eigenvalue weighted by molar-refractivity contribution is -0.954. The first-order valence-electron chi connectivity index (χ1n) is 5.35. The second-order valence-corrected chi connectivity index (χ2v) is 4.99. The van der Waals surface area contributed by atoms with Gasteiger partial charge >= 0.3 is 0 Å². The summed E-state index contributed by atoms with van der Waals surface area (Å²) in [6.45, 7) is 3.43. The number of nitrogens with zero attached hydrogens (tertiary/aromatic N) is 1. The molecule has 14 heavy (non-hydrogen) atoms. The molecular formula is C10H18BrNO2. The smallest absolute Gasteiger partial charge is 0.142 e. The number of hydrogen-bond donors (Lipinski definition) is 1. The van der Waals surface area contributed by atoms with Gasteiger partial charge in [0.2, 0.25) is 0 Å². The standard InChI is InChI=1S/C10H18NO2.BrH/c1-3-11(2)7-4-6(12)5-8(11)10-9(7)13-10;/h6-10,12H,3-5H2,1-2H3;1H/q+1;/p-1/t6-,7-,8+,9-,10+,11+;. The van der Waals surface area contributed by atoms with E-state index in [2.05, 4.69) is 14.0 Å². The molecule has 82 valence electrons. The summed E-state index contributed by atoms with van der Waals surface area (Å²) in [5, 5.41) is 9.69. The van der Waals surface area contributed by atoms with Crippen molar-refractivity contribution in [3.05, 3.63) is 0 Å². The number of piperidine rings is 1. The molecule has 0 radical (unpaired) electrons. The first-order chi connectivity index (χ1) is 6.16. The van der Waals surface area contributed by atoms with Crippen molar-refractivity contribution in [2.45, 2.75) is 50.2 Å². The van der Waals surface area contributed by atoms with Gasteiger partial charge < -0.3 is 31.3 Å². The number of aliphatic hydroxyl groups is 1.